The number of benzene rings is 1. The van der Waals surface area contributed by atoms with Crippen molar-refractivity contribution in [1.82, 2.24) is 0 Å². The summed E-state index contributed by atoms with van der Waals surface area (Å²) in [5, 5.41) is 13.5. The van der Waals surface area contributed by atoms with Crippen LogP contribution in [-0.4, -0.2) is 24.7 Å². The van der Waals surface area contributed by atoms with Crippen LogP contribution < -0.4 is 5.32 Å². The number of hydrogen-bond donors (Lipinski definition) is 1. The van der Waals surface area contributed by atoms with Crippen LogP contribution in [0.15, 0.2) is 12.1 Å². The summed E-state index contributed by atoms with van der Waals surface area (Å²) >= 11 is 0. The number of methoxy groups -OCH3 is 1. The fraction of sp³-hybridized carbons (Fsp3) is 0.500. The van der Waals surface area contributed by atoms with Crippen LogP contribution in [0, 0.1) is 27.7 Å². The van der Waals surface area contributed by atoms with Crippen molar-refractivity contribution in [3.8, 4) is 0 Å². The van der Waals surface area contributed by atoms with E-state index in [2.05, 4.69) is 5.32 Å². The van der Waals surface area contributed by atoms with Gasteiger partial charge in [0.2, 0.25) is 0 Å². The van der Waals surface area contributed by atoms with E-state index < -0.39 is 27.9 Å². The highest BCUT2D eigenvalue weighted by Crippen LogP contribution is 2.30. The zero-order chi connectivity index (χ0) is 14.6. The minimum Gasteiger partial charge on any atom is -0.383 e. The summed E-state index contributed by atoms with van der Waals surface area (Å²) in [6.07, 6.45) is 0. The van der Waals surface area contributed by atoms with Gasteiger partial charge >= 0.3 is 0 Å². The number of nitrogens with zero attached hydrogens (tertiary/aromatic N) is 1. The molecule has 0 spiro atoms. The lowest BCUT2D eigenvalue weighted by molar-refractivity contribution is -0.384. The zero-order valence-corrected chi connectivity index (χ0v) is 10.9. The predicted octanol–water partition coefficient (Wildman–Crippen LogP) is 2.96. The summed E-state index contributed by atoms with van der Waals surface area (Å²) < 4.78 is 31.9. The molecule has 0 saturated heterocycles. The molecule has 1 aromatic carbocycles. The molecule has 0 heterocycles. The van der Waals surface area contributed by atoms with Gasteiger partial charge in [0.15, 0.2) is 17.3 Å². The maximum Gasteiger partial charge on any atom is 0.295 e. The van der Waals surface area contributed by atoms with Crippen LogP contribution in [0.1, 0.15) is 13.8 Å². The van der Waals surface area contributed by atoms with Crippen molar-refractivity contribution >= 4 is 11.4 Å². The van der Waals surface area contributed by atoms with Crippen molar-refractivity contribution in [3.63, 3.8) is 0 Å². The Bertz CT molecular complexity index is 467. The molecule has 0 saturated carbocycles. The normalized spacial score (nSPS) is 12.5. The van der Waals surface area contributed by atoms with E-state index in [4.69, 9.17) is 4.74 Å². The molecule has 19 heavy (non-hydrogen) atoms. The molecule has 1 N–H and O–H groups in total. The van der Waals surface area contributed by atoms with Gasteiger partial charge in [-0.1, -0.05) is 13.8 Å². The Kier molecular flexibility index (Phi) is 5.17. The van der Waals surface area contributed by atoms with Gasteiger partial charge in [0.25, 0.3) is 5.69 Å². The number of nitro groups is 1. The van der Waals surface area contributed by atoms with E-state index in [9.17, 15) is 18.9 Å². The molecule has 1 rings (SSSR count). The van der Waals surface area contributed by atoms with E-state index in [0.29, 0.717) is 0 Å². The first kappa shape index (κ1) is 15.3. The Balaban J connectivity index is 3.16. The Morgan fingerprint density at radius 3 is 2.53 bits per heavy atom. The summed E-state index contributed by atoms with van der Waals surface area (Å²) in [6, 6.07) is 1.31. The predicted molar refractivity (Wildman–Crippen MR) is 67.1 cm³/mol. The minimum absolute atomic E-state index is 0.0298. The lowest BCUT2D eigenvalue weighted by atomic mass is 10.0. The monoisotopic (exact) mass is 274 g/mol. The van der Waals surface area contributed by atoms with Crippen molar-refractivity contribution in [2.45, 2.75) is 19.9 Å². The molecular formula is C12H16F2N2O3. The Hall–Kier alpha value is -1.76. The summed E-state index contributed by atoms with van der Waals surface area (Å²) in [4.78, 5) is 10.1. The lowest BCUT2D eigenvalue weighted by Gasteiger charge is -2.22. The highest BCUT2D eigenvalue weighted by molar-refractivity contribution is 5.63. The maximum absolute atomic E-state index is 13.7. The van der Waals surface area contributed by atoms with E-state index >= 15 is 0 Å². The standard InChI is InChI=1S/C12H16F2N2O3/c1-7(2)9(6-19-3)15-12-10(16(17)18)5-4-8(13)11(12)14/h4-5,7,9,15H,6H2,1-3H3. The van der Waals surface area contributed by atoms with E-state index in [0.717, 1.165) is 12.1 Å². The summed E-state index contributed by atoms with van der Waals surface area (Å²) in [5.74, 6) is -2.36. The van der Waals surface area contributed by atoms with Crippen LogP contribution in [0.25, 0.3) is 0 Å². The van der Waals surface area contributed by atoms with Crippen LogP contribution in [0.2, 0.25) is 0 Å². The highest BCUT2D eigenvalue weighted by atomic mass is 19.2. The number of anilines is 1. The van der Waals surface area contributed by atoms with Gasteiger partial charge in [0.05, 0.1) is 17.6 Å². The number of nitro benzene ring substituents is 1. The fourth-order valence-corrected chi connectivity index (χ4v) is 1.60. The van der Waals surface area contributed by atoms with Crippen LogP contribution >= 0.6 is 0 Å². The zero-order valence-electron chi connectivity index (χ0n) is 10.9. The SMILES string of the molecule is COCC(Nc1c([N+](=O)[O-])ccc(F)c1F)C(C)C. The third kappa shape index (κ3) is 3.60. The van der Waals surface area contributed by atoms with Crippen LogP contribution in [0.5, 0.6) is 0 Å². The first-order chi connectivity index (χ1) is 8.88. The number of ether oxygens (including phenoxy) is 1. The molecule has 0 aromatic heterocycles. The second kappa shape index (κ2) is 6.42. The minimum atomic E-state index is -1.25. The first-order valence-corrected chi connectivity index (χ1v) is 5.76. The van der Waals surface area contributed by atoms with Crippen molar-refractivity contribution in [3.05, 3.63) is 33.9 Å². The number of nitrogens with one attached hydrogen (secondary N) is 1. The molecular weight excluding hydrogens is 258 g/mol. The second-order valence-corrected chi connectivity index (χ2v) is 4.46. The van der Waals surface area contributed by atoms with E-state index in [1.807, 2.05) is 13.8 Å². The van der Waals surface area contributed by atoms with E-state index in [1.54, 1.807) is 0 Å². The van der Waals surface area contributed by atoms with Gasteiger partial charge in [-0.15, -0.1) is 0 Å². The molecule has 0 bridgehead atoms. The van der Waals surface area contributed by atoms with Crippen LogP contribution in [0.3, 0.4) is 0 Å². The molecule has 0 fully saturated rings. The molecule has 1 unspecified atom stereocenters. The third-order valence-electron chi connectivity index (χ3n) is 2.75. The molecule has 7 heteroatoms. The second-order valence-electron chi connectivity index (χ2n) is 4.46. The number of halogens is 2. The Morgan fingerprint density at radius 1 is 1.42 bits per heavy atom. The highest BCUT2D eigenvalue weighted by Gasteiger charge is 2.25. The van der Waals surface area contributed by atoms with Gasteiger partial charge in [-0.05, 0) is 12.0 Å². The molecule has 106 valence electrons. The number of hydrogen-bond acceptors (Lipinski definition) is 4. The fourth-order valence-electron chi connectivity index (χ4n) is 1.60. The van der Waals surface area contributed by atoms with Gasteiger partial charge in [-0.25, -0.2) is 8.78 Å². The van der Waals surface area contributed by atoms with Crippen LogP contribution in [0.4, 0.5) is 20.2 Å². The van der Waals surface area contributed by atoms with Gasteiger partial charge < -0.3 is 10.1 Å². The van der Waals surface area contributed by atoms with Crippen LogP contribution in [-0.2, 0) is 4.74 Å². The molecule has 0 aliphatic rings. The quantitative estimate of drug-likeness (QED) is 0.640. The largest absolute Gasteiger partial charge is 0.383 e. The third-order valence-corrected chi connectivity index (χ3v) is 2.75. The lowest BCUT2D eigenvalue weighted by Crippen LogP contribution is -2.31. The molecule has 0 aliphatic carbocycles. The average Bonchev–Trinajstić information content (AvgIpc) is 2.33. The average molecular weight is 274 g/mol. The first-order valence-electron chi connectivity index (χ1n) is 5.76. The van der Waals surface area contributed by atoms with Crippen molar-refractivity contribution in [1.29, 1.82) is 0 Å². The van der Waals surface area contributed by atoms with Crippen molar-refractivity contribution in [2.24, 2.45) is 5.92 Å². The van der Waals surface area contributed by atoms with Gasteiger partial charge in [-0.2, -0.15) is 0 Å². The van der Waals surface area contributed by atoms with Gasteiger partial charge in [-0.3, -0.25) is 10.1 Å². The molecule has 0 radical (unpaired) electrons. The summed E-state index contributed by atoms with van der Waals surface area (Å²) in [5.41, 5.74) is -0.943. The van der Waals surface area contributed by atoms with Crippen molar-refractivity contribution in [2.75, 3.05) is 19.0 Å². The Labute approximate surface area is 109 Å². The summed E-state index contributed by atoms with van der Waals surface area (Å²) in [7, 11) is 1.47. The van der Waals surface area contributed by atoms with E-state index in [1.165, 1.54) is 7.11 Å². The van der Waals surface area contributed by atoms with E-state index in [-0.39, 0.29) is 18.6 Å². The molecule has 5 nitrogen and oxygen atoms in total. The summed E-state index contributed by atoms with van der Waals surface area (Å²) in [6.45, 7) is 3.92. The number of rotatable bonds is 6. The smallest absolute Gasteiger partial charge is 0.295 e. The maximum atomic E-state index is 13.7. The molecule has 0 amide bonds. The van der Waals surface area contributed by atoms with Gasteiger partial charge in [0, 0.05) is 13.2 Å². The molecule has 1 aromatic rings. The topological polar surface area (TPSA) is 64.4 Å². The van der Waals surface area contributed by atoms with Crippen molar-refractivity contribution < 1.29 is 18.4 Å². The van der Waals surface area contributed by atoms with Gasteiger partial charge in [0.1, 0.15) is 0 Å². The molecule has 1 atom stereocenters. The molecule has 0 aliphatic heterocycles. The Morgan fingerprint density at radius 2 is 2.05 bits per heavy atom.